The number of hydrogen-bond acceptors (Lipinski definition) is 5. The molecule has 5 rings (SSSR count). The van der Waals surface area contributed by atoms with Gasteiger partial charge in [-0.2, -0.15) is 0 Å². The number of benzene rings is 1. The van der Waals surface area contributed by atoms with Crippen LogP contribution in [0.4, 0.5) is 4.39 Å². The zero-order valence-electron chi connectivity index (χ0n) is 17.8. The predicted molar refractivity (Wildman–Crippen MR) is 129 cm³/mol. The Balaban J connectivity index is 1.24. The Morgan fingerprint density at radius 3 is 2.76 bits per heavy atom. The molecule has 1 unspecified atom stereocenters. The molecule has 6 nitrogen and oxygen atoms in total. The van der Waals surface area contributed by atoms with Gasteiger partial charge in [-0.25, -0.2) is 4.39 Å². The summed E-state index contributed by atoms with van der Waals surface area (Å²) in [5, 5.41) is 0. The van der Waals surface area contributed by atoms with E-state index in [4.69, 9.17) is 12.2 Å². The monoisotopic (exact) mass is 483 g/mol. The fourth-order valence-corrected chi connectivity index (χ4v) is 6.19. The summed E-state index contributed by atoms with van der Waals surface area (Å²) in [5.74, 6) is -0.331. The highest BCUT2D eigenvalue weighted by atomic mass is 32.2. The van der Waals surface area contributed by atoms with E-state index in [9.17, 15) is 18.8 Å². The maximum absolute atomic E-state index is 14.0. The number of thioether (sulfide) groups is 1. The Labute approximate surface area is 200 Å². The van der Waals surface area contributed by atoms with Gasteiger partial charge in [0.1, 0.15) is 10.1 Å². The fourth-order valence-electron chi connectivity index (χ4n) is 4.89. The number of aromatic nitrogens is 1. The molecule has 3 aliphatic rings. The molecule has 2 atom stereocenters. The molecule has 9 heteroatoms. The number of amides is 2. The minimum absolute atomic E-state index is 0.0137. The van der Waals surface area contributed by atoms with E-state index in [2.05, 4.69) is 0 Å². The van der Waals surface area contributed by atoms with E-state index in [1.165, 1.54) is 17.0 Å². The summed E-state index contributed by atoms with van der Waals surface area (Å²) in [5.41, 5.74) is 1.33. The third-order valence-electron chi connectivity index (χ3n) is 6.45. The Morgan fingerprint density at radius 1 is 1.12 bits per heavy atom. The average molecular weight is 484 g/mol. The number of thiocarbonyl (C=S) groups is 1. The van der Waals surface area contributed by atoms with Crippen LogP contribution in [0.25, 0.3) is 6.08 Å². The maximum Gasteiger partial charge on any atom is 0.266 e. The highest BCUT2D eigenvalue weighted by Crippen LogP contribution is 2.36. The van der Waals surface area contributed by atoms with Crippen LogP contribution in [0.2, 0.25) is 0 Å². The molecule has 0 radical (unpaired) electrons. The van der Waals surface area contributed by atoms with E-state index in [-0.39, 0.29) is 42.2 Å². The van der Waals surface area contributed by atoms with Crippen LogP contribution in [0.15, 0.2) is 52.2 Å². The molecule has 0 saturated carbocycles. The van der Waals surface area contributed by atoms with Crippen molar-refractivity contribution in [3.05, 3.63) is 74.8 Å². The quantitative estimate of drug-likeness (QED) is 0.494. The summed E-state index contributed by atoms with van der Waals surface area (Å²) in [6.45, 7) is 2.01. The lowest BCUT2D eigenvalue weighted by Crippen LogP contribution is -2.49. The van der Waals surface area contributed by atoms with Gasteiger partial charge in [0.05, 0.1) is 4.91 Å². The lowest BCUT2D eigenvalue weighted by Gasteiger charge is -2.42. The molecule has 0 aliphatic carbocycles. The van der Waals surface area contributed by atoms with Crippen LogP contribution in [0.1, 0.15) is 30.0 Å². The van der Waals surface area contributed by atoms with Gasteiger partial charge in [-0.05, 0) is 30.5 Å². The zero-order valence-corrected chi connectivity index (χ0v) is 19.4. The van der Waals surface area contributed by atoms with Crippen LogP contribution in [0, 0.1) is 11.7 Å². The molecule has 3 aliphatic heterocycles. The van der Waals surface area contributed by atoms with Gasteiger partial charge < -0.3 is 9.47 Å². The van der Waals surface area contributed by atoms with Crippen molar-refractivity contribution in [2.24, 2.45) is 5.92 Å². The third kappa shape index (κ3) is 4.27. The first-order chi connectivity index (χ1) is 15.9. The highest BCUT2D eigenvalue weighted by molar-refractivity contribution is 8.26. The van der Waals surface area contributed by atoms with Crippen LogP contribution in [0.5, 0.6) is 0 Å². The van der Waals surface area contributed by atoms with Gasteiger partial charge >= 0.3 is 0 Å². The molecule has 0 spiro atoms. The van der Waals surface area contributed by atoms with Crippen LogP contribution in [0.3, 0.4) is 0 Å². The molecular weight excluding hydrogens is 461 g/mol. The van der Waals surface area contributed by atoms with Gasteiger partial charge in [0, 0.05) is 55.8 Å². The first-order valence-electron chi connectivity index (χ1n) is 10.9. The minimum Gasteiger partial charge on any atom is -0.342 e. The molecular formula is C24H22FN3O3S2. The van der Waals surface area contributed by atoms with Gasteiger partial charge in [0.15, 0.2) is 0 Å². The maximum atomic E-state index is 14.0. The van der Waals surface area contributed by atoms with E-state index in [1.807, 2.05) is 15.5 Å². The third-order valence-corrected chi connectivity index (χ3v) is 7.82. The first kappa shape index (κ1) is 22.0. The van der Waals surface area contributed by atoms with Crippen molar-refractivity contribution >= 4 is 46.2 Å². The van der Waals surface area contributed by atoms with Crippen molar-refractivity contribution in [3.8, 4) is 0 Å². The van der Waals surface area contributed by atoms with Gasteiger partial charge in [0.25, 0.3) is 11.5 Å². The number of nitrogens with zero attached hydrogens (tertiary/aromatic N) is 3. The topological polar surface area (TPSA) is 62.6 Å². The molecule has 2 amide bonds. The molecule has 2 fully saturated rings. The number of carbonyl (C=O) groups excluding carboxylic acids is 2. The van der Waals surface area contributed by atoms with Crippen molar-refractivity contribution in [2.75, 3.05) is 19.6 Å². The van der Waals surface area contributed by atoms with Gasteiger partial charge in [-0.1, -0.05) is 48.2 Å². The van der Waals surface area contributed by atoms with E-state index in [1.54, 1.807) is 30.3 Å². The lowest BCUT2D eigenvalue weighted by atomic mass is 9.83. The van der Waals surface area contributed by atoms with Crippen LogP contribution in [-0.4, -0.2) is 50.1 Å². The second-order valence-electron chi connectivity index (χ2n) is 8.60. The second kappa shape index (κ2) is 8.87. The number of hydrogen-bond donors (Lipinski definition) is 0. The summed E-state index contributed by atoms with van der Waals surface area (Å²) in [7, 11) is 0. The zero-order chi connectivity index (χ0) is 23.1. The first-order valence-corrected chi connectivity index (χ1v) is 12.1. The summed E-state index contributed by atoms with van der Waals surface area (Å²) < 4.78 is 16.2. The van der Waals surface area contributed by atoms with E-state index in [0.717, 1.165) is 23.9 Å². The van der Waals surface area contributed by atoms with E-state index < -0.39 is 5.82 Å². The number of piperidine rings is 1. The standard InChI is InChI=1S/C24H22FN3O3S2/c25-18-5-2-1-4-16(18)11-20-23(31)27(24(32)33-20)9-8-21(29)26-12-15-10-17(14-26)19-6-3-7-22(30)28(19)13-15/h1-7,11,15,17H,8-10,12-14H2/b20-11+/t15?,17-/m1/s1. The van der Waals surface area contributed by atoms with Gasteiger partial charge in [-0.3, -0.25) is 19.3 Å². The molecule has 2 aromatic rings. The van der Waals surface area contributed by atoms with Crippen molar-refractivity contribution in [3.63, 3.8) is 0 Å². The second-order valence-corrected chi connectivity index (χ2v) is 10.3. The van der Waals surface area contributed by atoms with E-state index in [0.29, 0.717) is 34.4 Å². The molecule has 4 heterocycles. The van der Waals surface area contributed by atoms with Crippen molar-refractivity contribution in [1.29, 1.82) is 0 Å². The van der Waals surface area contributed by atoms with Crippen molar-refractivity contribution in [1.82, 2.24) is 14.4 Å². The molecule has 170 valence electrons. The molecule has 2 bridgehead atoms. The lowest BCUT2D eigenvalue weighted by molar-refractivity contribution is -0.134. The number of pyridine rings is 1. The highest BCUT2D eigenvalue weighted by Gasteiger charge is 2.37. The molecule has 1 aromatic carbocycles. The summed E-state index contributed by atoms with van der Waals surface area (Å²) in [6, 6.07) is 11.6. The summed E-state index contributed by atoms with van der Waals surface area (Å²) >= 11 is 6.47. The number of fused-ring (bicyclic) bond motifs is 4. The fraction of sp³-hybridized carbons (Fsp3) is 0.333. The number of carbonyl (C=O) groups is 2. The Bertz CT molecular complexity index is 1240. The van der Waals surface area contributed by atoms with Gasteiger partial charge in [-0.15, -0.1) is 0 Å². The Kier molecular flexibility index (Phi) is 5.92. The SMILES string of the molecule is O=C(CCN1C(=O)/C(=C\c2ccccc2F)SC1=S)N1CC2C[C@H](C1)c1cccc(=O)n1C2. The predicted octanol–water partition coefficient (Wildman–Crippen LogP) is 3.22. The van der Waals surface area contributed by atoms with Gasteiger partial charge in [0.2, 0.25) is 5.91 Å². The number of halogens is 1. The van der Waals surface area contributed by atoms with E-state index >= 15 is 0 Å². The summed E-state index contributed by atoms with van der Waals surface area (Å²) in [6.07, 6.45) is 2.64. The number of rotatable bonds is 4. The minimum atomic E-state index is -0.405. The van der Waals surface area contributed by atoms with Crippen LogP contribution < -0.4 is 5.56 Å². The van der Waals surface area contributed by atoms with Crippen molar-refractivity contribution < 1.29 is 14.0 Å². The normalized spacial score (nSPS) is 23.2. The van der Waals surface area contributed by atoms with Crippen LogP contribution in [-0.2, 0) is 16.1 Å². The molecule has 1 aromatic heterocycles. The molecule has 33 heavy (non-hydrogen) atoms. The Hall–Kier alpha value is -2.78. The largest absolute Gasteiger partial charge is 0.342 e. The van der Waals surface area contributed by atoms with Crippen LogP contribution >= 0.6 is 24.0 Å². The smallest absolute Gasteiger partial charge is 0.266 e. The number of likely N-dealkylation sites (tertiary alicyclic amines) is 1. The Morgan fingerprint density at radius 2 is 1.94 bits per heavy atom. The van der Waals surface area contributed by atoms with Crippen molar-refractivity contribution in [2.45, 2.75) is 25.3 Å². The average Bonchev–Trinajstić information content (AvgIpc) is 3.06. The summed E-state index contributed by atoms with van der Waals surface area (Å²) in [4.78, 5) is 41.6. The molecule has 2 saturated heterocycles. The molecule has 0 N–H and O–H groups in total.